The molecule has 1 saturated carbocycles. The van der Waals surface area contributed by atoms with Crippen molar-refractivity contribution in [2.45, 2.75) is 76.6 Å². The van der Waals surface area contributed by atoms with Crippen LogP contribution in [-0.4, -0.2) is 63.9 Å². The molecule has 3 rings (SSSR count). The lowest BCUT2D eigenvalue weighted by molar-refractivity contribution is 0.0140. The molecule has 2 N–H and O–H groups in total. The second kappa shape index (κ2) is 9.54. The molecule has 0 aromatic carbocycles. The molecule has 0 unspecified atom stereocenters. The fraction of sp³-hybridized carbons (Fsp3) is 0.727. The minimum Gasteiger partial charge on any atom is -0.396 e. The van der Waals surface area contributed by atoms with Crippen LogP contribution in [0.25, 0.3) is 0 Å². The highest BCUT2D eigenvalue weighted by atomic mass is 32.1. The average molecular weight is 391 g/mol. The van der Waals surface area contributed by atoms with Gasteiger partial charge in [-0.05, 0) is 45.2 Å². The highest BCUT2D eigenvalue weighted by molar-refractivity contribution is 7.12. The summed E-state index contributed by atoms with van der Waals surface area (Å²) in [4.78, 5) is 7.56. The number of hydrogen-bond acceptors (Lipinski definition) is 5. The Kier molecular flexibility index (Phi) is 7.35. The van der Waals surface area contributed by atoms with Crippen molar-refractivity contribution in [2.24, 2.45) is 0 Å². The predicted molar refractivity (Wildman–Crippen MR) is 112 cm³/mol. The summed E-state index contributed by atoms with van der Waals surface area (Å²) in [5.41, 5.74) is -0.947. The third-order valence-corrected chi connectivity index (χ3v) is 6.64. The number of aliphatic hydroxyl groups is 2. The molecule has 2 heterocycles. The van der Waals surface area contributed by atoms with Crippen LogP contribution in [0.1, 0.15) is 62.1 Å². The maximum Gasteiger partial charge on any atom is 0.120 e. The van der Waals surface area contributed by atoms with Crippen LogP contribution in [0.5, 0.6) is 0 Å². The van der Waals surface area contributed by atoms with E-state index in [2.05, 4.69) is 33.8 Å². The van der Waals surface area contributed by atoms with Gasteiger partial charge in [-0.2, -0.15) is 0 Å². The van der Waals surface area contributed by atoms with Crippen LogP contribution in [0.4, 0.5) is 0 Å². The van der Waals surface area contributed by atoms with E-state index >= 15 is 0 Å². The first-order valence-corrected chi connectivity index (χ1v) is 11.2. The quantitative estimate of drug-likeness (QED) is 0.759. The summed E-state index contributed by atoms with van der Waals surface area (Å²) in [7, 11) is 0. The van der Waals surface area contributed by atoms with E-state index in [-0.39, 0.29) is 6.61 Å². The van der Waals surface area contributed by atoms with E-state index in [0.717, 1.165) is 43.5 Å². The first-order chi connectivity index (χ1) is 12.9. The van der Waals surface area contributed by atoms with Crippen molar-refractivity contribution >= 4 is 11.3 Å². The third-order valence-electron chi connectivity index (χ3n) is 5.65. The largest absolute Gasteiger partial charge is 0.396 e. The number of piperazine rings is 1. The first-order valence-electron chi connectivity index (χ1n) is 10.4. The standard InChI is InChI=1S/C22H34N2O2S/c1-22(2,26)12-10-20-8-9-21(27-20)17-23-13-14-24(19(16-23)11-15-25)18-6-4-3-5-7-18/h8-9,18-19,25-26H,3-7,11,13-17H2,1-2H3/t19-/m1/s1. The Hall–Kier alpha value is -0.900. The molecule has 150 valence electrons. The Labute approximate surface area is 168 Å². The highest BCUT2D eigenvalue weighted by Gasteiger charge is 2.32. The summed E-state index contributed by atoms with van der Waals surface area (Å²) in [5, 5.41) is 19.3. The van der Waals surface area contributed by atoms with Crippen LogP contribution in [0.2, 0.25) is 0 Å². The number of nitrogens with zero attached hydrogens (tertiary/aromatic N) is 2. The van der Waals surface area contributed by atoms with E-state index in [9.17, 15) is 10.2 Å². The van der Waals surface area contributed by atoms with Crippen molar-refractivity contribution in [1.29, 1.82) is 0 Å². The molecular weight excluding hydrogens is 356 g/mol. The van der Waals surface area contributed by atoms with Gasteiger partial charge in [-0.15, -0.1) is 11.3 Å². The van der Waals surface area contributed by atoms with Gasteiger partial charge in [0, 0.05) is 49.7 Å². The molecule has 27 heavy (non-hydrogen) atoms. The molecule has 1 aliphatic carbocycles. The van der Waals surface area contributed by atoms with Crippen molar-refractivity contribution in [3.8, 4) is 11.8 Å². The van der Waals surface area contributed by atoms with Gasteiger partial charge in [-0.1, -0.05) is 31.1 Å². The molecule has 0 bridgehead atoms. The molecule has 1 aliphatic heterocycles. The van der Waals surface area contributed by atoms with Crippen molar-refractivity contribution in [2.75, 3.05) is 26.2 Å². The Balaban J connectivity index is 1.58. The molecule has 0 amide bonds. The van der Waals surface area contributed by atoms with Gasteiger partial charge < -0.3 is 10.2 Å². The third kappa shape index (κ3) is 6.30. The fourth-order valence-corrected chi connectivity index (χ4v) is 5.25. The lowest BCUT2D eigenvalue weighted by Gasteiger charge is -2.46. The minimum absolute atomic E-state index is 0.275. The SMILES string of the molecule is CC(C)(O)C#Cc1ccc(CN2CCN(C3CCCCC3)[C@H](CCO)C2)s1. The Morgan fingerprint density at radius 2 is 1.96 bits per heavy atom. The van der Waals surface area contributed by atoms with E-state index < -0.39 is 5.60 Å². The van der Waals surface area contributed by atoms with Crippen LogP contribution in [0.3, 0.4) is 0 Å². The van der Waals surface area contributed by atoms with E-state index in [4.69, 9.17) is 0 Å². The zero-order chi connectivity index (χ0) is 19.3. The molecule has 0 radical (unpaired) electrons. The lowest BCUT2D eigenvalue weighted by atomic mass is 9.92. The normalized spacial score (nSPS) is 23.2. The molecule has 1 aromatic rings. The maximum absolute atomic E-state index is 9.76. The van der Waals surface area contributed by atoms with Gasteiger partial charge in [0.1, 0.15) is 5.60 Å². The maximum atomic E-state index is 9.76. The van der Waals surface area contributed by atoms with Crippen LogP contribution in [0.15, 0.2) is 12.1 Å². The van der Waals surface area contributed by atoms with Crippen LogP contribution < -0.4 is 0 Å². The van der Waals surface area contributed by atoms with E-state index in [1.807, 2.05) is 0 Å². The highest BCUT2D eigenvalue weighted by Crippen LogP contribution is 2.28. The average Bonchev–Trinajstić information content (AvgIpc) is 3.08. The van der Waals surface area contributed by atoms with Crippen molar-refractivity contribution in [3.05, 3.63) is 21.9 Å². The van der Waals surface area contributed by atoms with Gasteiger partial charge in [-0.25, -0.2) is 0 Å². The monoisotopic (exact) mass is 390 g/mol. The van der Waals surface area contributed by atoms with Crippen molar-refractivity contribution < 1.29 is 10.2 Å². The number of thiophene rings is 1. The summed E-state index contributed by atoms with van der Waals surface area (Å²) < 4.78 is 0. The first kappa shape index (κ1) is 20.8. The topological polar surface area (TPSA) is 46.9 Å². The van der Waals surface area contributed by atoms with Gasteiger partial charge in [0.25, 0.3) is 0 Å². The van der Waals surface area contributed by atoms with E-state index in [1.165, 1.54) is 37.0 Å². The molecule has 4 nitrogen and oxygen atoms in total. The zero-order valence-corrected chi connectivity index (χ0v) is 17.6. The molecule has 2 fully saturated rings. The van der Waals surface area contributed by atoms with Gasteiger partial charge in [0.15, 0.2) is 0 Å². The van der Waals surface area contributed by atoms with Crippen molar-refractivity contribution in [1.82, 2.24) is 9.80 Å². The summed E-state index contributed by atoms with van der Waals surface area (Å²) in [6, 6.07) is 5.42. The van der Waals surface area contributed by atoms with Gasteiger partial charge >= 0.3 is 0 Å². The minimum atomic E-state index is -0.947. The molecule has 5 heteroatoms. The summed E-state index contributed by atoms with van der Waals surface area (Å²) in [6.07, 6.45) is 7.64. The summed E-state index contributed by atoms with van der Waals surface area (Å²) in [5.74, 6) is 5.97. The second-order valence-corrected chi connectivity index (χ2v) is 9.67. The van der Waals surface area contributed by atoms with Crippen LogP contribution >= 0.6 is 11.3 Å². The van der Waals surface area contributed by atoms with E-state index in [1.54, 1.807) is 25.2 Å². The summed E-state index contributed by atoms with van der Waals surface area (Å²) in [6.45, 7) is 7.91. The molecule has 1 aromatic heterocycles. The predicted octanol–water partition coefficient (Wildman–Crippen LogP) is 3.07. The van der Waals surface area contributed by atoms with Crippen LogP contribution in [0, 0.1) is 11.8 Å². The van der Waals surface area contributed by atoms with Crippen molar-refractivity contribution in [3.63, 3.8) is 0 Å². The number of rotatable bonds is 5. The molecular formula is C22H34N2O2S. The molecule has 1 atom stereocenters. The fourth-order valence-electron chi connectivity index (χ4n) is 4.34. The van der Waals surface area contributed by atoms with Gasteiger partial charge in [0.05, 0.1) is 4.88 Å². The zero-order valence-electron chi connectivity index (χ0n) is 16.8. The number of aliphatic hydroxyl groups excluding tert-OH is 1. The summed E-state index contributed by atoms with van der Waals surface area (Å²) >= 11 is 1.72. The number of hydrogen-bond donors (Lipinski definition) is 2. The van der Waals surface area contributed by atoms with Gasteiger partial charge in [0.2, 0.25) is 0 Å². The van der Waals surface area contributed by atoms with E-state index in [0.29, 0.717) is 6.04 Å². The van der Waals surface area contributed by atoms with Gasteiger partial charge in [-0.3, -0.25) is 9.80 Å². The molecule has 0 spiro atoms. The Bertz CT molecular complexity index is 649. The Morgan fingerprint density at radius 3 is 2.67 bits per heavy atom. The smallest absolute Gasteiger partial charge is 0.120 e. The molecule has 1 saturated heterocycles. The van der Waals surface area contributed by atoms with Crippen LogP contribution in [-0.2, 0) is 6.54 Å². The lowest BCUT2D eigenvalue weighted by Crippen LogP contribution is -2.56. The Morgan fingerprint density at radius 1 is 1.19 bits per heavy atom. The second-order valence-electron chi connectivity index (χ2n) is 8.51. The molecule has 2 aliphatic rings.